The molecule has 0 saturated carbocycles. The minimum absolute atomic E-state index is 0.171. The molecule has 0 radical (unpaired) electrons. The Hall–Kier alpha value is -1.22. The molecule has 0 spiro atoms. The van der Waals surface area contributed by atoms with Crippen LogP contribution >= 0.6 is 23.2 Å². The Labute approximate surface area is 128 Å². The van der Waals surface area contributed by atoms with Gasteiger partial charge in [-0.2, -0.15) is 0 Å². The first-order chi connectivity index (χ1) is 9.65. The molecule has 0 aromatic heterocycles. The monoisotopic (exact) mass is 307 g/mol. The van der Waals surface area contributed by atoms with Crippen LogP contribution in [0.25, 0.3) is 0 Å². The third-order valence-corrected chi connectivity index (χ3v) is 4.33. The number of rotatable bonds is 3. The van der Waals surface area contributed by atoms with Crippen molar-refractivity contribution >= 4 is 23.2 Å². The molecule has 1 aliphatic rings. The molecule has 0 amide bonds. The van der Waals surface area contributed by atoms with E-state index in [1.54, 1.807) is 0 Å². The van der Waals surface area contributed by atoms with Gasteiger partial charge in [0.05, 0.1) is 16.1 Å². The smallest absolute Gasteiger partial charge is 0.124 e. The van der Waals surface area contributed by atoms with Gasteiger partial charge in [-0.15, -0.1) is 0 Å². The summed E-state index contributed by atoms with van der Waals surface area (Å²) in [5, 5.41) is 4.74. The first-order valence-electron chi connectivity index (χ1n) is 6.58. The van der Waals surface area contributed by atoms with Crippen LogP contribution in [0.3, 0.4) is 0 Å². The van der Waals surface area contributed by atoms with Gasteiger partial charge in [0, 0.05) is 11.6 Å². The van der Waals surface area contributed by atoms with Crippen molar-refractivity contribution in [2.24, 2.45) is 0 Å². The van der Waals surface area contributed by atoms with Crippen molar-refractivity contribution in [3.05, 3.63) is 63.6 Å². The summed E-state index contributed by atoms with van der Waals surface area (Å²) < 4.78 is 5.68. The molecule has 0 bridgehead atoms. The van der Waals surface area contributed by atoms with E-state index in [0.29, 0.717) is 16.7 Å². The van der Waals surface area contributed by atoms with E-state index in [2.05, 4.69) is 18.3 Å². The van der Waals surface area contributed by atoms with Gasteiger partial charge in [-0.05, 0) is 30.7 Å². The van der Waals surface area contributed by atoms with Crippen LogP contribution in [-0.4, -0.2) is 6.61 Å². The summed E-state index contributed by atoms with van der Waals surface area (Å²) in [6.45, 7) is 2.77. The molecule has 2 aromatic rings. The molecule has 104 valence electrons. The molecule has 2 aromatic carbocycles. The quantitative estimate of drug-likeness (QED) is 0.881. The zero-order valence-corrected chi connectivity index (χ0v) is 12.6. The van der Waals surface area contributed by atoms with Crippen LogP contribution in [-0.2, 0) is 0 Å². The SMILES string of the molecule is CC(NC1COc2ccccc21)c1ccc(Cl)c(Cl)c1. The summed E-state index contributed by atoms with van der Waals surface area (Å²) in [6, 6.07) is 14.2. The minimum atomic E-state index is 0.171. The summed E-state index contributed by atoms with van der Waals surface area (Å²) in [7, 11) is 0. The van der Waals surface area contributed by atoms with Crippen LogP contribution in [0.2, 0.25) is 10.0 Å². The standard InChI is InChI=1S/C16H15Cl2NO/c1-10(11-6-7-13(17)14(18)8-11)19-15-9-20-16-5-3-2-4-12(15)16/h2-8,10,15,19H,9H2,1H3. The van der Waals surface area contributed by atoms with Gasteiger partial charge in [-0.1, -0.05) is 47.5 Å². The Kier molecular flexibility index (Phi) is 3.88. The Morgan fingerprint density at radius 1 is 1.15 bits per heavy atom. The van der Waals surface area contributed by atoms with Crippen molar-refractivity contribution in [2.45, 2.75) is 19.0 Å². The van der Waals surface area contributed by atoms with Crippen LogP contribution in [0.1, 0.15) is 30.1 Å². The number of nitrogens with one attached hydrogen (secondary N) is 1. The van der Waals surface area contributed by atoms with Crippen LogP contribution in [0.4, 0.5) is 0 Å². The fraction of sp³-hybridized carbons (Fsp3) is 0.250. The zero-order chi connectivity index (χ0) is 14.1. The number of ether oxygens (including phenoxy) is 1. The number of halogens is 2. The molecular formula is C16H15Cl2NO. The van der Waals surface area contributed by atoms with Gasteiger partial charge in [0.1, 0.15) is 12.4 Å². The van der Waals surface area contributed by atoms with Crippen molar-refractivity contribution in [3.8, 4) is 5.75 Å². The van der Waals surface area contributed by atoms with Crippen LogP contribution < -0.4 is 10.1 Å². The van der Waals surface area contributed by atoms with E-state index in [-0.39, 0.29) is 12.1 Å². The van der Waals surface area contributed by atoms with Crippen molar-refractivity contribution in [3.63, 3.8) is 0 Å². The normalized spacial score (nSPS) is 18.4. The molecule has 1 heterocycles. The highest BCUT2D eigenvalue weighted by atomic mass is 35.5. The second kappa shape index (κ2) is 5.65. The van der Waals surface area contributed by atoms with Crippen molar-refractivity contribution in [1.82, 2.24) is 5.32 Å². The van der Waals surface area contributed by atoms with Crippen molar-refractivity contribution in [1.29, 1.82) is 0 Å². The lowest BCUT2D eigenvalue weighted by Gasteiger charge is -2.19. The van der Waals surface area contributed by atoms with Gasteiger partial charge in [0.2, 0.25) is 0 Å². The van der Waals surface area contributed by atoms with E-state index in [1.165, 1.54) is 5.56 Å². The number of hydrogen-bond acceptors (Lipinski definition) is 2. The molecule has 0 aliphatic carbocycles. The summed E-state index contributed by atoms with van der Waals surface area (Å²) in [5.41, 5.74) is 2.32. The van der Waals surface area contributed by atoms with Crippen molar-refractivity contribution in [2.75, 3.05) is 6.61 Å². The van der Waals surface area contributed by atoms with Gasteiger partial charge in [-0.25, -0.2) is 0 Å². The topological polar surface area (TPSA) is 21.3 Å². The average Bonchev–Trinajstić information content (AvgIpc) is 2.85. The zero-order valence-electron chi connectivity index (χ0n) is 11.1. The fourth-order valence-electron chi connectivity index (χ4n) is 2.48. The Bertz CT molecular complexity index is 630. The molecule has 0 fully saturated rings. The number of benzene rings is 2. The molecule has 2 unspecified atom stereocenters. The molecule has 20 heavy (non-hydrogen) atoms. The number of hydrogen-bond donors (Lipinski definition) is 1. The molecule has 2 nitrogen and oxygen atoms in total. The van der Waals surface area contributed by atoms with E-state index in [4.69, 9.17) is 27.9 Å². The Morgan fingerprint density at radius 2 is 1.95 bits per heavy atom. The lowest BCUT2D eigenvalue weighted by Crippen LogP contribution is -2.25. The summed E-state index contributed by atoms with van der Waals surface area (Å²) in [4.78, 5) is 0. The summed E-state index contributed by atoms with van der Waals surface area (Å²) in [6.07, 6.45) is 0. The van der Waals surface area contributed by atoms with Crippen molar-refractivity contribution < 1.29 is 4.74 Å². The van der Waals surface area contributed by atoms with Gasteiger partial charge in [0.25, 0.3) is 0 Å². The number of fused-ring (bicyclic) bond motifs is 1. The van der Waals surface area contributed by atoms with E-state index >= 15 is 0 Å². The highest BCUT2D eigenvalue weighted by molar-refractivity contribution is 6.42. The molecule has 2 atom stereocenters. The first kappa shape index (κ1) is 13.7. The van der Waals surface area contributed by atoms with Gasteiger partial charge < -0.3 is 10.1 Å². The maximum Gasteiger partial charge on any atom is 0.124 e. The fourth-order valence-corrected chi connectivity index (χ4v) is 2.79. The lowest BCUT2D eigenvalue weighted by atomic mass is 10.0. The minimum Gasteiger partial charge on any atom is -0.491 e. The molecule has 0 saturated heterocycles. The van der Waals surface area contributed by atoms with Gasteiger partial charge in [0.15, 0.2) is 0 Å². The highest BCUT2D eigenvalue weighted by Gasteiger charge is 2.25. The maximum absolute atomic E-state index is 6.07. The summed E-state index contributed by atoms with van der Waals surface area (Å²) in [5.74, 6) is 0.964. The largest absolute Gasteiger partial charge is 0.491 e. The second-order valence-corrected chi connectivity index (χ2v) is 5.78. The molecular weight excluding hydrogens is 293 g/mol. The van der Waals surface area contributed by atoms with Crippen LogP contribution in [0.15, 0.2) is 42.5 Å². The molecule has 1 N–H and O–H groups in total. The van der Waals surface area contributed by atoms with Crippen LogP contribution in [0.5, 0.6) is 5.75 Å². The molecule has 3 rings (SSSR count). The predicted molar refractivity (Wildman–Crippen MR) is 82.7 cm³/mol. The van der Waals surface area contributed by atoms with Gasteiger partial charge in [-0.3, -0.25) is 0 Å². The van der Waals surface area contributed by atoms with E-state index < -0.39 is 0 Å². The maximum atomic E-state index is 6.07. The third-order valence-electron chi connectivity index (χ3n) is 3.59. The first-order valence-corrected chi connectivity index (χ1v) is 7.33. The lowest BCUT2D eigenvalue weighted by molar-refractivity contribution is 0.301. The third kappa shape index (κ3) is 2.64. The van der Waals surface area contributed by atoms with E-state index in [0.717, 1.165) is 11.3 Å². The number of para-hydroxylation sites is 1. The average molecular weight is 308 g/mol. The van der Waals surface area contributed by atoms with E-state index in [9.17, 15) is 0 Å². The molecule has 1 aliphatic heterocycles. The molecule has 4 heteroatoms. The predicted octanol–water partition coefficient (Wildman–Crippen LogP) is 4.78. The summed E-state index contributed by atoms with van der Waals surface area (Å²) >= 11 is 12.0. The Morgan fingerprint density at radius 3 is 2.75 bits per heavy atom. The van der Waals surface area contributed by atoms with E-state index in [1.807, 2.05) is 36.4 Å². The highest BCUT2D eigenvalue weighted by Crippen LogP contribution is 2.34. The Balaban J connectivity index is 1.77. The second-order valence-electron chi connectivity index (χ2n) is 4.96. The van der Waals surface area contributed by atoms with Crippen LogP contribution in [0, 0.1) is 0 Å². The van der Waals surface area contributed by atoms with Gasteiger partial charge >= 0.3 is 0 Å².